The number of hydrogen-bond acceptors (Lipinski definition) is 7. The van der Waals surface area contributed by atoms with E-state index >= 15 is 0 Å². The van der Waals surface area contributed by atoms with E-state index in [1.807, 2.05) is 0 Å². The van der Waals surface area contributed by atoms with Crippen molar-refractivity contribution in [1.29, 1.82) is 0 Å². The smallest absolute Gasteiger partial charge is 0.291 e. The highest BCUT2D eigenvalue weighted by Gasteiger charge is 2.27. The Bertz CT molecular complexity index is 1080. The number of sulfonamides is 1. The molecule has 0 aliphatic carbocycles. The zero-order valence-electron chi connectivity index (χ0n) is 12.8. The average Bonchev–Trinajstić information content (AvgIpc) is 3.17. The largest absolute Gasteiger partial charge is 0.378 e. The maximum atomic E-state index is 12.7. The van der Waals surface area contributed by atoms with Gasteiger partial charge in [-0.25, -0.2) is 26.9 Å². The Morgan fingerprint density at radius 3 is 2.77 bits per heavy atom. The van der Waals surface area contributed by atoms with Gasteiger partial charge in [-0.05, 0) is 6.07 Å². The van der Waals surface area contributed by atoms with Crippen LogP contribution in [0.4, 0.5) is 8.78 Å². The van der Waals surface area contributed by atoms with Crippen molar-refractivity contribution in [3.05, 3.63) is 28.5 Å². The zero-order valence-corrected chi connectivity index (χ0v) is 15.2. The molecule has 0 spiro atoms. The van der Waals surface area contributed by atoms with Gasteiger partial charge in [0.25, 0.3) is 6.43 Å². The van der Waals surface area contributed by atoms with Crippen molar-refractivity contribution in [3.63, 3.8) is 0 Å². The summed E-state index contributed by atoms with van der Waals surface area (Å²) in [6, 6.07) is 1.00. The van der Waals surface area contributed by atoms with Gasteiger partial charge in [-0.2, -0.15) is 0 Å². The number of halogens is 3. The highest BCUT2D eigenvalue weighted by atomic mass is 35.5. The molecule has 138 valence electrons. The lowest BCUT2D eigenvalue weighted by Gasteiger charge is -2.26. The maximum absolute atomic E-state index is 12.7. The predicted octanol–water partition coefficient (Wildman–Crippen LogP) is 2.12. The number of fused-ring (bicyclic) bond motifs is 1. The van der Waals surface area contributed by atoms with Crippen LogP contribution in [0.2, 0.25) is 5.02 Å². The summed E-state index contributed by atoms with van der Waals surface area (Å²) in [6.45, 7) is 0.597. The van der Waals surface area contributed by atoms with Crippen LogP contribution in [-0.2, 0) is 14.8 Å². The molecule has 0 radical (unpaired) electrons. The molecule has 0 amide bonds. The van der Waals surface area contributed by atoms with E-state index in [1.165, 1.54) is 22.9 Å². The molecule has 26 heavy (non-hydrogen) atoms. The van der Waals surface area contributed by atoms with Crippen molar-refractivity contribution in [3.8, 4) is 10.8 Å². The Labute approximate surface area is 154 Å². The van der Waals surface area contributed by atoms with Gasteiger partial charge in [-0.1, -0.05) is 22.9 Å². The molecule has 0 aromatic carbocycles. The van der Waals surface area contributed by atoms with Crippen LogP contribution in [0.25, 0.3) is 16.3 Å². The first kappa shape index (κ1) is 17.7. The fourth-order valence-corrected chi connectivity index (χ4v) is 4.58. The molecule has 0 unspecified atom stereocenters. The molecule has 1 aliphatic heterocycles. The monoisotopic (exact) mass is 421 g/mol. The minimum Gasteiger partial charge on any atom is -0.378 e. The lowest BCUT2D eigenvalue weighted by Crippen LogP contribution is -2.48. The number of ether oxygens (including phenoxy) is 1. The van der Waals surface area contributed by atoms with E-state index in [0.717, 1.165) is 0 Å². The van der Waals surface area contributed by atoms with Gasteiger partial charge in [0.05, 0.1) is 36.0 Å². The van der Waals surface area contributed by atoms with Gasteiger partial charge in [0, 0.05) is 6.20 Å². The third-order valence-corrected chi connectivity index (χ3v) is 6.37. The Morgan fingerprint density at radius 2 is 2.15 bits per heavy atom. The summed E-state index contributed by atoms with van der Waals surface area (Å²) < 4.78 is 59.4. The molecule has 0 atom stereocenters. The number of nitrogens with zero attached hydrogens (tertiary/aromatic N) is 4. The van der Waals surface area contributed by atoms with Crippen LogP contribution < -0.4 is 4.72 Å². The van der Waals surface area contributed by atoms with Gasteiger partial charge in [-0.3, -0.25) is 4.40 Å². The summed E-state index contributed by atoms with van der Waals surface area (Å²) in [7, 11) is -3.84. The highest BCUT2D eigenvalue weighted by molar-refractivity contribution is 7.89. The molecule has 4 rings (SSSR count). The zero-order chi connectivity index (χ0) is 18.5. The Morgan fingerprint density at radius 1 is 1.38 bits per heavy atom. The molecule has 3 aromatic rings. The summed E-state index contributed by atoms with van der Waals surface area (Å²) >= 11 is 6.85. The fourth-order valence-electron chi connectivity index (χ4n) is 2.34. The third-order valence-electron chi connectivity index (χ3n) is 3.66. The summed E-state index contributed by atoms with van der Waals surface area (Å²) in [5, 5.41) is 6.95. The van der Waals surface area contributed by atoms with Gasteiger partial charge >= 0.3 is 0 Å². The second-order valence-electron chi connectivity index (χ2n) is 5.46. The van der Waals surface area contributed by atoms with Gasteiger partial charge in [-0.15, -0.1) is 10.2 Å². The van der Waals surface area contributed by atoms with Crippen molar-refractivity contribution in [1.82, 2.24) is 24.3 Å². The molecule has 1 saturated heterocycles. The lowest BCUT2D eigenvalue weighted by molar-refractivity contribution is 0.00482. The van der Waals surface area contributed by atoms with E-state index in [9.17, 15) is 17.2 Å². The van der Waals surface area contributed by atoms with Crippen LogP contribution in [0.3, 0.4) is 0 Å². The van der Waals surface area contributed by atoms with E-state index in [0.29, 0.717) is 30.1 Å². The number of aromatic nitrogens is 4. The minimum atomic E-state index is -3.84. The van der Waals surface area contributed by atoms with Crippen LogP contribution in [0.15, 0.2) is 23.4 Å². The molecule has 8 nitrogen and oxygen atoms in total. The average molecular weight is 422 g/mol. The van der Waals surface area contributed by atoms with E-state index in [2.05, 4.69) is 19.9 Å². The summed E-state index contributed by atoms with van der Waals surface area (Å²) in [4.78, 5) is 4.03. The van der Waals surface area contributed by atoms with Crippen molar-refractivity contribution in [2.24, 2.45) is 0 Å². The summed E-state index contributed by atoms with van der Waals surface area (Å²) in [5.41, 5.74) is 0.418. The summed E-state index contributed by atoms with van der Waals surface area (Å²) in [6.07, 6.45) is -0.0274. The Kier molecular flexibility index (Phi) is 4.39. The number of pyridine rings is 1. The van der Waals surface area contributed by atoms with Gasteiger partial charge in [0.15, 0.2) is 15.8 Å². The van der Waals surface area contributed by atoms with Crippen molar-refractivity contribution < 1.29 is 21.9 Å². The number of rotatable bonds is 5. The van der Waals surface area contributed by atoms with Crippen molar-refractivity contribution >= 4 is 38.5 Å². The molecule has 13 heteroatoms. The third kappa shape index (κ3) is 3.07. The highest BCUT2D eigenvalue weighted by Crippen LogP contribution is 2.31. The second kappa shape index (κ2) is 6.46. The molecule has 1 fully saturated rings. The maximum Gasteiger partial charge on any atom is 0.291 e. The molecule has 0 saturated carbocycles. The minimum absolute atomic E-state index is 0.0836. The second-order valence-corrected chi connectivity index (χ2v) is 8.59. The van der Waals surface area contributed by atoms with Gasteiger partial charge in [0.1, 0.15) is 4.90 Å². The van der Waals surface area contributed by atoms with E-state index in [4.69, 9.17) is 16.3 Å². The van der Waals surface area contributed by atoms with Crippen molar-refractivity contribution in [2.75, 3.05) is 13.2 Å². The standard InChI is InChI=1S/C13H10ClF2N5O3S2/c14-8-1-7(26(22,23)20-6-4-24-5-6)3-21-9(8)2-17-11(21)13-19-18-12(25-13)10(15)16/h1-3,6,10,20H,4-5H2. The molecule has 4 heterocycles. The molecule has 0 bridgehead atoms. The van der Waals surface area contributed by atoms with Gasteiger partial charge < -0.3 is 4.74 Å². The molecule has 3 aromatic heterocycles. The number of imidazole rings is 1. The first-order chi connectivity index (χ1) is 12.3. The quantitative estimate of drug-likeness (QED) is 0.677. The molecular weight excluding hydrogens is 412 g/mol. The SMILES string of the molecule is O=S(=O)(NC1COC1)c1cc(Cl)c2cnc(-c3nnc(C(F)F)s3)n2c1. The van der Waals surface area contributed by atoms with E-state index in [1.54, 1.807) is 0 Å². The van der Waals surface area contributed by atoms with Crippen LogP contribution >= 0.6 is 22.9 Å². The molecule has 1 N–H and O–H groups in total. The summed E-state index contributed by atoms with van der Waals surface area (Å²) in [5.74, 6) is 0.176. The predicted molar refractivity (Wildman–Crippen MR) is 89.0 cm³/mol. The Hall–Kier alpha value is -1.73. The Balaban J connectivity index is 1.79. The van der Waals surface area contributed by atoms with Crippen LogP contribution in [-0.4, -0.2) is 47.3 Å². The van der Waals surface area contributed by atoms with E-state index in [-0.39, 0.29) is 26.8 Å². The number of alkyl halides is 2. The first-order valence-electron chi connectivity index (χ1n) is 7.24. The molecular formula is C13H10ClF2N5O3S2. The lowest BCUT2D eigenvalue weighted by atomic mass is 10.3. The normalized spacial score (nSPS) is 15.7. The number of hydrogen-bond donors (Lipinski definition) is 1. The van der Waals surface area contributed by atoms with Crippen LogP contribution in [0, 0.1) is 0 Å². The topological polar surface area (TPSA) is 98.5 Å². The van der Waals surface area contributed by atoms with Gasteiger partial charge in [0.2, 0.25) is 10.0 Å². The van der Waals surface area contributed by atoms with E-state index < -0.39 is 21.5 Å². The number of nitrogens with one attached hydrogen (secondary N) is 1. The fraction of sp³-hybridized carbons (Fsp3) is 0.308. The van der Waals surface area contributed by atoms with Crippen LogP contribution in [0.5, 0.6) is 0 Å². The molecule has 1 aliphatic rings. The van der Waals surface area contributed by atoms with Crippen LogP contribution in [0.1, 0.15) is 11.4 Å². The van der Waals surface area contributed by atoms with Crippen molar-refractivity contribution in [2.45, 2.75) is 17.4 Å². The first-order valence-corrected chi connectivity index (χ1v) is 9.91.